The van der Waals surface area contributed by atoms with Gasteiger partial charge in [-0.05, 0) is 61.4 Å². The summed E-state index contributed by atoms with van der Waals surface area (Å²) < 4.78 is 12.1. The second-order valence-electron chi connectivity index (χ2n) is 9.92. The Morgan fingerprint density at radius 1 is 0.750 bits per heavy atom. The Labute approximate surface area is 233 Å². The molecule has 7 heteroatoms. The highest BCUT2D eigenvalue weighted by Gasteiger charge is 2.60. The van der Waals surface area contributed by atoms with E-state index in [0.717, 1.165) is 22.4 Å². The van der Waals surface area contributed by atoms with E-state index in [-0.39, 0.29) is 11.8 Å². The van der Waals surface area contributed by atoms with Crippen molar-refractivity contribution in [1.82, 2.24) is 0 Å². The van der Waals surface area contributed by atoms with E-state index in [1.165, 1.54) is 4.90 Å². The molecule has 2 saturated heterocycles. The van der Waals surface area contributed by atoms with Crippen LogP contribution in [0.5, 0.6) is 11.5 Å². The van der Waals surface area contributed by atoms with Gasteiger partial charge in [-0.25, -0.2) is 9.96 Å². The molecule has 0 spiro atoms. The Hall–Kier alpha value is -4.62. The van der Waals surface area contributed by atoms with Gasteiger partial charge in [-0.1, -0.05) is 72.3 Å². The van der Waals surface area contributed by atoms with Crippen molar-refractivity contribution in [2.75, 3.05) is 16.6 Å². The summed E-state index contributed by atoms with van der Waals surface area (Å²) in [5, 5.41) is 1.69. The maximum absolute atomic E-state index is 13.9. The molecule has 3 atom stereocenters. The first-order valence-electron chi connectivity index (χ1n) is 13.4. The Balaban J connectivity index is 1.37. The van der Waals surface area contributed by atoms with Crippen molar-refractivity contribution in [2.24, 2.45) is 5.92 Å². The summed E-state index contributed by atoms with van der Waals surface area (Å²) in [6.07, 6.45) is -0.941. The normalized spacial score (nSPS) is 20.1. The van der Waals surface area contributed by atoms with Gasteiger partial charge in [0.15, 0.2) is 17.6 Å². The molecule has 2 fully saturated rings. The summed E-state index contributed by atoms with van der Waals surface area (Å²) >= 11 is 0. The van der Waals surface area contributed by atoms with Crippen molar-refractivity contribution in [3.05, 3.63) is 120 Å². The van der Waals surface area contributed by atoms with Crippen LogP contribution in [0.1, 0.15) is 29.7 Å². The Kier molecular flexibility index (Phi) is 6.97. The van der Waals surface area contributed by atoms with E-state index in [9.17, 15) is 9.59 Å². The number of rotatable bonds is 8. The molecule has 4 aromatic carbocycles. The molecule has 202 valence electrons. The molecule has 2 aliphatic rings. The van der Waals surface area contributed by atoms with E-state index in [4.69, 9.17) is 14.3 Å². The molecule has 0 N–H and O–H groups in total. The molecule has 2 amide bonds. The number of aryl methyl sites for hydroxylation is 1. The molecule has 0 aromatic heterocycles. The third-order valence-corrected chi connectivity index (χ3v) is 7.26. The summed E-state index contributed by atoms with van der Waals surface area (Å²) in [6.45, 7) is 4.72. The number of imide groups is 1. The molecule has 0 saturated carbocycles. The van der Waals surface area contributed by atoms with Crippen molar-refractivity contribution in [3.63, 3.8) is 0 Å². The second-order valence-corrected chi connectivity index (χ2v) is 9.92. The number of fused-ring (bicyclic) bond motifs is 1. The number of nitrogens with zero attached hydrogens (tertiary/aromatic N) is 2. The van der Waals surface area contributed by atoms with E-state index >= 15 is 0 Å². The van der Waals surface area contributed by atoms with Crippen LogP contribution < -0.4 is 19.4 Å². The van der Waals surface area contributed by atoms with Crippen molar-refractivity contribution in [2.45, 2.75) is 32.6 Å². The summed E-state index contributed by atoms with van der Waals surface area (Å²) in [4.78, 5) is 35.0. The molecule has 0 unspecified atom stereocenters. The van der Waals surface area contributed by atoms with Crippen molar-refractivity contribution in [1.29, 1.82) is 0 Å². The lowest BCUT2D eigenvalue weighted by Gasteiger charge is -2.29. The van der Waals surface area contributed by atoms with Crippen LogP contribution in [0.15, 0.2) is 103 Å². The maximum atomic E-state index is 13.9. The molecule has 2 heterocycles. The first kappa shape index (κ1) is 25.6. The number of benzene rings is 4. The van der Waals surface area contributed by atoms with Gasteiger partial charge in [0.05, 0.1) is 24.0 Å². The number of carbonyl (C=O) groups is 2. The van der Waals surface area contributed by atoms with Crippen LogP contribution in [0.4, 0.5) is 11.4 Å². The highest BCUT2D eigenvalue weighted by molar-refractivity contribution is 6.23. The summed E-state index contributed by atoms with van der Waals surface area (Å²) in [5.41, 5.74) is 4.18. The fourth-order valence-corrected chi connectivity index (χ4v) is 5.33. The lowest BCUT2D eigenvalue weighted by atomic mass is 9.90. The van der Waals surface area contributed by atoms with E-state index < -0.39 is 18.1 Å². The summed E-state index contributed by atoms with van der Waals surface area (Å²) in [7, 11) is 0. The van der Waals surface area contributed by atoms with Crippen LogP contribution in [-0.2, 0) is 21.0 Å². The smallest absolute Gasteiger partial charge is 0.266 e. The molecule has 0 aliphatic carbocycles. The lowest BCUT2D eigenvalue weighted by Crippen LogP contribution is -2.37. The molecule has 40 heavy (non-hydrogen) atoms. The summed E-state index contributed by atoms with van der Waals surface area (Å²) in [5.74, 6) is -0.217. The molecular formula is C33H30N2O5. The lowest BCUT2D eigenvalue weighted by molar-refractivity contribution is -0.126. The molecule has 7 nitrogen and oxygen atoms in total. The van der Waals surface area contributed by atoms with Crippen LogP contribution in [0, 0.1) is 12.8 Å². The maximum Gasteiger partial charge on any atom is 0.266 e. The highest BCUT2D eigenvalue weighted by atomic mass is 16.7. The van der Waals surface area contributed by atoms with Crippen molar-refractivity contribution in [3.8, 4) is 11.5 Å². The minimum atomic E-state index is -0.941. The van der Waals surface area contributed by atoms with Crippen LogP contribution in [-0.4, -0.2) is 24.5 Å². The van der Waals surface area contributed by atoms with Gasteiger partial charge in [0.1, 0.15) is 12.5 Å². The predicted octanol–water partition coefficient (Wildman–Crippen LogP) is 6.02. The molecule has 4 aromatic rings. The van der Waals surface area contributed by atoms with Gasteiger partial charge < -0.3 is 9.47 Å². The molecular weight excluding hydrogens is 504 g/mol. The average Bonchev–Trinajstić information content (AvgIpc) is 3.49. The fraction of sp³-hybridized carbons (Fsp3) is 0.212. The Bertz CT molecular complexity index is 1510. The molecule has 2 aliphatic heterocycles. The molecule has 0 radical (unpaired) electrons. The topological polar surface area (TPSA) is 68.3 Å². The van der Waals surface area contributed by atoms with E-state index in [1.807, 2.05) is 105 Å². The number of amides is 2. The number of ether oxygens (including phenoxy) is 2. The largest absolute Gasteiger partial charge is 0.490 e. The van der Waals surface area contributed by atoms with Gasteiger partial charge in [0.2, 0.25) is 5.91 Å². The number of carbonyl (C=O) groups excluding carboxylic acids is 2. The van der Waals surface area contributed by atoms with Gasteiger partial charge in [-0.15, -0.1) is 0 Å². The standard InChI is InChI=1S/C33H30N2O5/c1-3-38-28-20-24(16-19-27(28)39-21-23-10-6-4-7-11-23)30-29-31(40-35(30)26-12-8-5-9-13-26)33(37)34(32(29)36)25-17-14-22(2)15-18-25/h4-20,29-31H,3,21H2,1-2H3/t29-,30-,31-/m1/s1. The van der Waals surface area contributed by atoms with Crippen LogP contribution in [0.2, 0.25) is 0 Å². The fourth-order valence-electron chi connectivity index (χ4n) is 5.33. The average molecular weight is 535 g/mol. The second kappa shape index (κ2) is 10.9. The zero-order chi connectivity index (χ0) is 27.6. The number of hydrogen-bond donors (Lipinski definition) is 0. The van der Waals surface area contributed by atoms with Crippen molar-refractivity contribution < 1.29 is 23.9 Å². The van der Waals surface area contributed by atoms with Gasteiger partial charge in [-0.3, -0.25) is 14.4 Å². The van der Waals surface area contributed by atoms with Gasteiger partial charge in [0, 0.05) is 0 Å². The first-order chi connectivity index (χ1) is 19.5. The Morgan fingerprint density at radius 2 is 1.45 bits per heavy atom. The van der Waals surface area contributed by atoms with Gasteiger partial charge in [0.25, 0.3) is 5.91 Å². The van der Waals surface area contributed by atoms with E-state index in [0.29, 0.717) is 30.4 Å². The van der Waals surface area contributed by atoms with Gasteiger partial charge in [-0.2, -0.15) is 0 Å². The van der Waals surface area contributed by atoms with Gasteiger partial charge >= 0.3 is 0 Å². The highest BCUT2D eigenvalue weighted by Crippen LogP contribution is 2.48. The monoisotopic (exact) mass is 534 g/mol. The van der Waals surface area contributed by atoms with Crippen molar-refractivity contribution >= 4 is 23.2 Å². The quantitative estimate of drug-likeness (QED) is 0.258. The molecule has 6 rings (SSSR count). The third-order valence-electron chi connectivity index (χ3n) is 7.26. The predicted molar refractivity (Wildman–Crippen MR) is 152 cm³/mol. The zero-order valence-corrected chi connectivity index (χ0v) is 22.4. The van der Waals surface area contributed by atoms with E-state index in [1.54, 1.807) is 17.2 Å². The number of hydroxylamine groups is 1. The number of hydrogen-bond acceptors (Lipinski definition) is 6. The minimum Gasteiger partial charge on any atom is -0.490 e. The van der Waals surface area contributed by atoms with Crippen LogP contribution in [0.25, 0.3) is 0 Å². The van der Waals surface area contributed by atoms with Crippen LogP contribution >= 0.6 is 0 Å². The zero-order valence-electron chi connectivity index (χ0n) is 22.4. The van der Waals surface area contributed by atoms with Crippen LogP contribution in [0.3, 0.4) is 0 Å². The van der Waals surface area contributed by atoms with E-state index in [2.05, 4.69) is 0 Å². The first-order valence-corrected chi connectivity index (χ1v) is 13.4. The number of anilines is 2. The number of para-hydroxylation sites is 1. The third kappa shape index (κ3) is 4.69. The summed E-state index contributed by atoms with van der Waals surface area (Å²) in [6, 6.07) is 31.9. The molecule has 0 bridgehead atoms. The SMILES string of the molecule is CCOc1cc([C@@H]2[C@H]3C(=O)N(c4ccc(C)cc4)C(=O)[C@@H]3ON2c2ccccc2)ccc1OCc1ccccc1. The Morgan fingerprint density at radius 3 is 2.15 bits per heavy atom. The minimum absolute atomic E-state index is 0.287.